The molecule has 0 heterocycles. The second-order valence-corrected chi connectivity index (χ2v) is 3.10. The van der Waals surface area contributed by atoms with Crippen molar-refractivity contribution in [2.24, 2.45) is 0 Å². The second kappa shape index (κ2) is 7.09. The highest BCUT2D eigenvalue weighted by molar-refractivity contribution is 5.51. The molecule has 3 N–H and O–H groups in total. The van der Waals surface area contributed by atoms with Crippen molar-refractivity contribution in [3.63, 3.8) is 0 Å². The third kappa shape index (κ3) is 4.67. The summed E-state index contributed by atoms with van der Waals surface area (Å²) < 4.78 is 10.8. The molecule has 0 aromatic heterocycles. The summed E-state index contributed by atoms with van der Waals surface area (Å²) >= 11 is 0. The minimum atomic E-state index is 0.526. The van der Waals surface area contributed by atoms with Crippen LogP contribution in [-0.2, 0) is 4.74 Å². The van der Waals surface area contributed by atoms with Gasteiger partial charge in [-0.3, -0.25) is 0 Å². The highest BCUT2D eigenvalue weighted by Gasteiger charge is 1.97. The van der Waals surface area contributed by atoms with Crippen LogP contribution < -0.4 is 15.8 Å². The van der Waals surface area contributed by atoms with Crippen LogP contribution in [-0.4, -0.2) is 33.4 Å². The Labute approximate surface area is 90.4 Å². The van der Waals surface area contributed by atoms with Crippen LogP contribution in [0.1, 0.15) is 0 Å². The summed E-state index contributed by atoms with van der Waals surface area (Å²) in [6.45, 7) is 2.66. The van der Waals surface area contributed by atoms with Crippen LogP contribution in [0, 0.1) is 0 Å². The van der Waals surface area contributed by atoms with Crippen LogP contribution in [0.15, 0.2) is 24.3 Å². The van der Waals surface area contributed by atoms with E-state index in [1.54, 1.807) is 0 Å². The first-order valence-electron chi connectivity index (χ1n) is 5.04. The molecule has 0 aliphatic heterocycles. The topological polar surface area (TPSA) is 56.5 Å². The van der Waals surface area contributed by atoms with Crippen molar-refractivity contribution >= 4 is 5.69 Å². The number of nitrogen functional groups attached to an aromatic ring is 1. The number of anilines is 1. The van der Waals surface area contributed by atoms with E-state index in [-0.39, 0.29) is 0 Å². The van der Waals surface area contributed by atoms with Gasteiger partial charge < -0.3 is 20.5 Å². The van der Waals surface area contributed by atoms with Crippen LogP contribution in [0.2, 0.25) is 0 Å². The van der Waals surface area contributed by atoms with Gasteiger partial charge in [-0.15, -0.1) is 0 Å². The molecule has 0 radical (unpaired) electrons. The fourth-order valence-corrected chi connectivity index (χ4v) is 1.10. The molecule has 0 amide bonds. The predicted molar refractivity (Wildman–Crippen MR) is 61.1 cm³/mol. The van der Waals surface area contributed by atoms with Gasteiger partial charge in [0.15, 0.2) is 0 Å². The Hall–Kier alpha value is -1.26. The summed E-state index contributed by atoms with van der Waals surface area (Å²) in [7, 11) is 1.89. The van der Waals surface area contributed by atoms with E-state index in [0.29, 0.717) is 25.5 Å². The van der Waals surface area contributed by atoms with E-state index in [4.69, 9.17) is 15.2 Å². The van der Waals surface area contributed by atoms with Crippen LogP contribution in [0.3, 0.4) is 0 Å². The molecule has 1 aromatic rings. The zero-order chi connectivity index (χ0) is 10.9. The number of benzene rings is 1. The molecule has 0 fully saturated rings. The van der Waals surface area contributed by atoms with Gasteiger partial charge in [0, 0.05) is 6.54 Å². The van der Waals surface area contributed by atoms with Gasteiger partial charge in [0.2, 0.25) is 0 Å². The van der Waals surface area contributed by atoms with Crippen molar-refractivity contribution in [3.8, 4) is 5.75 Å². The number of nitrogens with one attached hydrogen (secondary N) is 1. The first-order chi connectivity index (χ1) is 7.34. The Bertz CT molecular complexity index is 279. The third-order valence-electron chi connectivity index (χ3n) is 1.90. The highest BCUT2D eigenvalue weighted by Crippen LogP contribution is 2.19. The van der Waals surface area contributed by atoms with E-state index >= 15 is 0 Å². The molecule has 0 aliphatic carbocycles. The molecular weight excluding hydrogens is 192 g/mol. The SMILES string of the molecule is CNCCOCCOc1ccccc1N. The summed E-state index contributed by atoms with van der Waals surface area (Å²) in [4.78, 5) is 0. The van der Waals surface area contributed by atoms with Crippen molar-refractivity contribution in [2.75, 3.05) is 39.1 Å². The zero-order valence-corrected chi connectivity index (χ0v) is 9.03. The first-order valence-corrected chi connectivity index (χ1v) is 5.04. The van der Waals surface area contributed by atoms with E-state index in [0.717, 1.165) is 12.3 Å². The third-order valence-corrected chi connectivity index (χ3v) is 1.90. The second-order valence-electron chi connectivity index (χ2n) is 3.10. The Kier molecular flexibility index (Phi) is 5.58. The minimum absolute atomic E-state index is 0.526. The molecule has 1 aromatic carbocycles. The standard InChI is InChI=1S/C11H18N2O2/c1-13-6-7-14-8-9-15-11-5-3-2-4-10(11)12/h2-5,13H,6-9,12H2,1H3. The van der Waals surface area contributed by atoms with Gasteiger partial charge in [-0.1, -0.05) is 12.1 Å². The highest BCUT2D eigenvalue weighted by atomic mass is 16.5. The van der Waals surface area contributed by atoms with Crippen molar-refractivity contribution in [1.82, 2.24) is 5.32 Å². The van der Waals surface area contributed by atoms with Crippen molar-refractivity contribution in [1.29, 1.82) is 0 Å². The van der Waals surface area contributed by atoms with Gasteiger partial charge in [0.1, 0.15) is 12.4 Å². The molecule has 0 atom stereocenters. The monoisotopic (exact) mass is 210 g/mol. The Balaban J connectivity index is 2.12. The lowest BCUT2D eigenvalue weighted by Crippen LogP contribution is -2.16. The molecule has 0 saturated carbocycles. The molecule has 0 aliphatic rings. The number of rotatable bonds is 7. The summed E-state index contributed by atoms with van der Waals surface area (Å²) in [6.07, 6.45) is 0. The van der Waals surface area contributed by atoms with Gasteiger partial charge in [-0.25, -0.2) is 0 Å². The molecule has 4 heteroatoms. The quantitative estimate of drug-likeness (QED) is 0.518. The number of hydrogen-bond donors (Lipinski definition) is 2. The summed E-state index contributed by atoms with van der Waals surface area (Å²) in [5, 5.41) is 3.00. The van der Waals surface area contributed by atoms with Crippen LogP contribution in [0.25, 0.3) is 0 Å². The van der Waals surface area contributed by atoms with Gasteiger partial charge in [-0.2, -0.15) is 0 Å². The minimum Gasteiger partial charge on any atom is -0.489 e. The lowest BCUT2D eigenvalue weighted by Gasteiger charge is -2.08. The van der Waals surface area contributed by atoms with Crippen molar-refractivity contribution in [3.05, 3.63) is 24.3 Å². The lowest BCUT2D eigenvalue weighted by atomic mass is 10.3. The summed E-state index contributed by atoms with van der Waals surface area (Å²) in [5.74, 6) is 0.717. The summed E-state index contributed by atoms with van der Waals surface area (Å²) in [6, 6.07) is 7.44. The number of para-hydroxylation sites is 2. The maximum absolute atomic E-state index is 5.71. The molecule has 4 nitrogen and oxygen atoms in total. The predicted octanol–water partition coefficient (Wildman–Crippen LogP) is 0.884. The van der Waals surface area contributed by atoms with E-state index < -0.39 is 0 Å². The first kappa shape index (κ1) is 11.8. The molecule has 84 valence electrons. The average Bonchev–Trinajstić information content (AvgIpc) is 2.25. The van der Waals surface area contributed by atoms with Gasteiger partial charge >= 0.3 is 0 Å². The van der Waals surface area contributed by atoms with Crippen LogP contribution in [0.5, 0.6) is 5.75 Å². The average molecular weight is 210 g/mol. The fraction of sp³-hybridized carbons (Fsp3) is 0.455. The van der Waals surface area contributed by atoms with E-state index in [9.17, 15) is 0 Å². The summed E-state index contributed by atoms with van der Waals surface area (Å²) in [5.41, 5.74) is 6.37. The zero-order valence-electron chi connectivity index (χ0n) is 9.03. The lowest BCUT2D eigenvalue weighted by molar-refractivity contribution is 0.103. The maximum Gasteiger partial charge on any atom is 0.142 e. The number of ether oxygens (including phenoxy) is 2. The van der Waals surface area contributed by atoms with E-state index in [1.807, 2.05) is 31.3 Å². The Morgan fingerprint density at radius 1 is 1.20 bits per heavy atom. The van der Waals surface area contributed by atoms with Crippen LogP contribution in [0.4, 0.5) is 5.69 Å². The number of nitrogens with two attached hydrogens (primary N) is 1. The number of hydrogen-bond acceptors (Lipinski definition) is 4. The van der Waals surface area contributed by atoms with Gasteiger partial charge in [-0.05, 0) is 19.2 Å². The van der Waals surface area contributed by atoms with E-state index in [1.165, 1.54) is 0 Å². The number of likely N-dealkylation sites (N-methyl/N-ethyl adjacent to an activating group) is 1. The Morgan fingerprint density at radius 2 is 2.00 bits per heavy atom. The fourth-order valence-electron chi connectivity index (χ4n) is 1.10. The normalized spacial score (nSPS) is 10.2. The van der Waals surface area contributed by atoms with Gasteiger partial charge in [0.25, 0.3) is 0 Å². The smallest absolute Gasteiger partial charge is 0.142 e. The Morgan fingerprint density at radius 3 is 2.73 bits per heavy atom. The molecule has 1 rings (SSSR count). The molecular formula is C11H18N2O2. The molecule has 15 heavy (non-hydrogen) atoms. The molecule has 0 unspecified atom stereocenters. The van der Waals surface area contributed by atoms with E-state index in [2.05, 4.69) is 5.32 Å². The van der Waals surface area contributed by atoms with Crippen molar-refractivity contribution < 1.29 is 9.47 Å². The molecule has 0 spiro atoms. The molecule has 0 saturated heterocycles. The van der Waals surface area contributed by atoms with Crippen molar-refractivity contribution in [2.45, 2.75) is 0 Å². The van der Waals surface area contributed by atoms with Crippen LogP contribution >= 0.6 is 0 Å². The van der Waals surface area contributed by atoms with Gasteiger partial charge in [0.05, 0.1) is 18.9 Å². The molecule has 0 bridgehead atoms. The maximum atomic E-state index is 5.71. The largest absolute Gasteiger partial charge is 0.489 e.